The lowest BCUT2D eigenvalue weighted by atomic mass is 10.1. The van der Waals surface area contributed by atoms with Gasteiger partial charge >= 0.3 is 6.18 Å². The second kappa shape index (κ2) is 8.05. The van der Waals surface area contributed by atoms with Crippen molar-refractivity contribution >= 4 is 11.8 Å². The van der Waals surface area contributed by atoms with Gasteiger partial charge in [-0.05, 0) is 18.2 Å². The molecule has 1 atom stereocenters. The van der Waals surface area contributed by atoms with E-state index >= 15 is 0 Å². The highest BCUT2D eigenvalue weighted by Gasteiger charge is 2.31. The summed E-state index contributed by atoms with van der Waals surface area (Å²) in [6, 6.07) is 8.74. The molecular weight excluding hydrogens is 384 g/mol. The molecule has 0 aliphatic carbocycles. The predicted molar refractivity (Wildman–Crippen MR) is 91.4 cm³/mol. The lowest BCUT2D eigenvalue weighted by molar-refractivity contribution is -0.141. The molecule has 0 unspecified atom stereocenters. The molecule has 3 rings (SSSR count). The summed E-state index contributed by atoms with van der Waals surface area (Å²) in [5.74, 6) is -0.620. The molecule has 0 bridgehead atoms. The zero-order chi connectivity index (χ0) is 19.4. The van der Waals surface area contributed by atoms with Crippen molar-refractivity contribution in [2.24, 2.45) is 0 Å². The number of pyridine rings is 1. The van der Waals surface area contributed by atoms with Crippen LogP contribution in [0.4, 0.5) is 17.6 Å². The Morgan fingerprint density at radius 2 is 1.78 bits per heavy atom. The van der Waals surface area contributed by atoms with E-state index < -0.39 is 24.6 Å². The second-order valence-electron chi connectivity index (χ2n) is 5.59. The van der Waals surface area contributed by atoms with Crippen LogP contribution in [0.1, 0.15) is 11.7 Å². The number of rotatable bonds is 6. The Kier molecular flexibility index (Phi) is 5.76. The van der Waals surface area contributed by atoms with Crippen LogP contribution in [0.2, 0.25) is 0 Å². The zero-order valence-electron chi connectivity index (χ0n) is 13.8. The van der Waals surface area contributed by atoms with Crippen LogP contribution in [0, 0.1) is 5.82 Å². The smallest absolute Gasteiger partial charge is 0.387 e. The Morgan fingerprint density at radius 1 is 1.07 bits per heavy atom. The SMILES string of the molecule is O[C@@H](CSc1nnc(-c2ccncc2)n1CC(F)(F)F)c1ccccc1F. The van der Waals surface area contributed by atoms with Crippen molar-refractivity contribution in [3.05, 3.63) is 60.2 Å². The third kappa shape index (κ3) is 4.83. The van der Waals surface area contributed by atoms with Crippen molar-refractivity contribution in [1.29, 1.82) is 0 Å². The van der Waals surface area contributed by atoms with E-state index in [1.54, 1.807) is 6.07 Å². The Morgan fingerprint density at radius 3 is 2.44 bits per heavy atom. The van der Waals surface area contributed by atoms with Crippen LogP contribution < -0.4 is 0 Å². The summed E-state index contributed by atoms with van der Waals surface area (Å²) in [6.07, 6.45) is -2.80. The molecule has 2 heterocycles. The van der Waals surface area contributed by atoms with Crippen molar-refractivity contribution in [2.45, 2.75) is 24.0 Å². The number of halogens is 4. The van der Waals surface area contributed by atoms with E-state index in [1.807, 2.05) is 0 Å². The molecule has 27 heavy (non-hydrogen) atoms. The summed E-state index contributed by atoms with van der Waals surface area (Å²) in [6.45, 7) is -1.28. The second-order valence-corrected chi connectivity index (χ2v) is 6.58. The minimum atomic E-state index is -4.48. The summed E-state index contributed by atoms with van der Waals surface area (Å²) in [5, 5.41) is 17.8. The van der Waals surface area contributed by atoms with E-state index in [-0.39, 0.29) is 22.3 Å². The van der Waals surface area contributed by atoms with Gasteiger partial charge < -0.3 is 5.11 Å². The first-order chi connectivity index (χ1) is 12.8. The maximum atomic E-state index is 13.7. The van der Waals surface area contributed by atoms with Crippen LogP contribution in [0.5, 0.6) is 0 Å². The number of aliphatic hydroxyl groups is 1. The number of hydrogen-bond acceptors (Lipinski definition) is 5. The number of thioether (sulfide) groups is 1. The normalized spacial score (nSPS) is 12.9. The molecule has 0 aliphatic heterocycles. The van der Waals surface area contributed by atoms with Gasteiger partial charge in [0.05, 0.1) is 6.10 Å². The van der Waals surface area contributed by atoms with Crippen molar-refractivity contribution in [3.8, 4) is 11.4 Å². The first kappa shape index (κ1) is 19.3. The maximum Gasteiger partial charge on any atom is 0.406 e. The summed E-state index contributed by atoms with van der Waals surface area (Å²) < 4.78 is 53.7. The van der Waals surface area contributed by atoms with Crippen molar-refractivity contribution < 1.29 is 22.7 Å². The van der Waals surface area contributed by atoms with Crippen LogP contribution in [-0.4, -0.2) is 36.8 Å². The number of aromatic nitrogens is 4. The topological polar surface area (TPSA) is 63.8 Å². The summed E-state index contributed by atoms with van der Waals surface area (Å²) in [7, 11) is 0. The Labute approximate surface area is 156 Å². The van der Waals surface area contributed by atoms with E-state index in [1.165, 1.54) is 42.7 Å². The van der Waals surface area contributed by atoms with E-state index in [2.05, 4.69) is 15.2 Å². The van der Waals surface area contributed by atoms with E-state index in [0.29, 0.717) is 5.56 Å². The molecule has 0 spiro atoms. The summed E-state index contributed by atoms with van der Waals surface area (Å²) in [5.41, 5.74) is 0.504. The van der Waals surface area contributed by atoms with Crippen molar-refractivity contribution in [1.82, 2.24) is 19.7 Å². The summed E-state index contributed by atoms with van der Waals surface area (Å²) >= 11 is 0.872. The number of hydrogen-bond donors (Lipinski definition) is 1. The van der Waals surface area contributed by atoms with Gasteiger partial charge in [-0.1, -0.05) is 30.0 Å². The average Bonchev–Trinajstić information content (AvgIpc) is 3.01. The van der Waals surface area contributed by atoms with Crippen molar-refractivity contribution in [3.63, 3.8) is 0 Å². The standard InChI is InChI=1S/C17H14F4N4OS/c18-13-4-2-1-3-12(13)14(26)9-27-16-24-23-15(11-5-7-22-8-6-11)25(16)10-17(19,20)21/h1-8,14,26H,9-10H2/t14-/m0/s1. The zero-order valence-corrected chi connectivity index (χ0v) is 14.6. The molecule has 0 saturated heterocycles. The van der Waals surface area contributed by atoms with Gasteiger partial charge in [0.1, 0.15) is 12.4 Å². The third-order valence-electron chi connectivity index (χ3n) is 3.63. The highest BCUT2D eigenvalue weighted by atomic mass is 32.2. The lowest BCUT2D eigenvalue weighted by Crippen LogP contribution is -2.19. The fraction of sp³-hybridized carbons (Fsp3) is 0.235. The minimum absolute atomic E-state index is 0.0190. The van der Waals surface area contributed by atoms with E-state index in [4.69, 9.17) is 0 Å². The molecule has 2 aromatic heterocycles. The van der Waals surface area contributed by atoms with Gasteiger partial charge in [0.25, 0.3) is 0 Å². The molecule has 10 heteroatoms. The van der Waals surface area contributed by atoms with Gasteiger partial charge in [-0.25, -0.2) is 4.39 Å². The Balaban J connectivity index is 1.85. The number of aliphatic hydroxyl groups excluding tert-OH is 1. The van der Waals surface area contributed by atoms with Crippen LogP contribution in [0.25, 0.3) is 11.4 Å². The monoisotopic (exact) mass is 398 g/mol. The van der Waals surface area contributed by atoms with E-state index in [0.717, 1.165) is 16.3 Å². The molecule has 142 valence electrons. The van der Waals surface area contributed by atoms with Crippen LogP contribution >= 0.6 is 11.8 Å². The van der Waals surface area contributed by atoms with Gasteiger partial charge in [-0.3, -0.25) is 9.55 Å². The molecule has 0 fully saturated rings. The molecule has 0 aliphatic rings. The highest BCUT2D eigenvalue weighted by molar-refractivity contribution is 7.99. The first-order valence-electron chi connectivity index (χ1n) is 7.81. The largest absolute Gasteiger partial charge is 0.406 e. The van der Waals surface area contributed by atoms with Gasteiger partial charge in [-0.2, -0.15) is 13.2 Å². The molecule has 0 saturated carbocycles. The van der Waals surface area contributed by atoms with E-state index in [9.17, 15) is 22.7 Å². The third-order valence-corrected chi connectivity index (χ3v) is 4.67. The average molecular weight is 398 g/mol. The molecule has 1 aromatic carbocycles. The number of alkyl halides is 3. The highest BCUT2D eigenvalue weighted by Crippen LogP contribution is 2.30. The fourth-order valence-electron chi connectivity index (χ4n) is 2.42. The van der Waals surface area contributed by atoms with Gasteiger partial charge in [0.2, 0.25) is 0 Å². The molecule has 3 aromatic rings. The maximum absolute atomic E-state index is 13.7. The predicted octanol–water partition coefficient (Wildman–Crippen LogP) is 3.87. The van der Waals surface area contributed by atoms with Gasteiger partial charge in [0.15, 0.2) is 11.0 Å². The quantitative estimate of drug-likeness (QED) is 0.505. The first-order valence-corrected chi connectivity index (χ1v) is 8.79. The fourth-order valence-corrected chi connectivity index (χ4v) is 3.31. The van der Waals surface area contributed by atoms with Gasteiger partial charge in [-0.15, -0.1) is 10.2 Å². The Bertz CT molecular complexity index is 901. The van der Waals surface area contributed by atoms with Crippen LogP contribution in [-0.2, 0) is 6.54 Å². The molecule has 0 radical (unpaired) electrons. The minimum Gasteiger partial charge on any atom is -0.387 e. The molecular formula is C17H14F4N4OS. The van der Waals surface area contributed by atoms with Crippen LogP contribution in [0.3, 0.4) is 0 Å². The number of benzene rings is 1. The van der Waals surface area contributed by atoms with Crippen molar-refractivity contribution in [2.75, 3.05) is 5.75 Å². The molecule has 0 amide bonds. The molecule has 5 nitrogen and oxygen atoms in total. The number of nitrogens with zero attached hydrogens (tertiary/aromatic N) is 4. The Hall–Kier alpha value is -2.46. The lowest BCUT2D eigenvalue weighted by Gasteiger charge is -2.14. The van der Waals surface area contributed by atoms with Crippen LogP contribution in [0.15, 0.2) is 53.9 Å². The van der Waals surface area contributed by atoms with Gasteiger partial charge in [0, 0.05) is 29.3 Å². The molecule has 1 N–H and O–H groups in total. The summed E-state index contributed by atoms with van der Waals surface area (Å²) in [4.78, 5) is 3.83.